The summed E-state index contributed by atoms with van der Waals surface area (Å²) in [6.45, 7) is 2.00. The molecule has 0 spiro atoms. The lowest BCUT2D eigenvalue weighted by Crippen LogP contribution is -2.35. The fraction of sp³-hybridized carbons (Fsp3) is 0.542. The predicted octanol–water partition coefficient (Wildman–Crippen LogP) is 4.86. The molecule has 0 saturated carbocycles. The minimum atomic E-state index is -0.00740. The molecule has 3 aromatic rings. The number of hydrogen-bond acceptors (Lipinski definition) is 6. The minimum Gasteiger partial charge on any atom is -0.467 e. The van der Waals surface area contributed by atoms with Gasteiger partial charge in [-0.15, -0.1) is 11.3 Å². The van der Waals surface area contributed by atoms with Crippen LogP contribution in [-0.4, -0.2) is 39.2 Å². The van der Waals surface area contributed by atoms with Crippen molar-refractivity contribution in [2.45, 2.75) is 69.5 Å². The summed E-state index contributed by atoms with van der Waals surface area (Å²) in [5.41, 5.74) is 1.18. The molecule has 32 heavy (non-hydrogen) atoms. The van der Waals surface area contributed by atoms with Gasteiger partial charge < -0.3 is 9.32 Å². The average molecular weight is 472 g/mol. The summed E-state index contributed by atoms with van der Waals surface area (Å²) < 4.78 is 7.23. The Bertz CT molecular complexity index is 1140. The van der Waals surface area contributed by atoms with Gasteiger partial charge in [0, 0.05) is 18.0 Å². The molecule has 1 fully saturated rings. The molecule has 0 unspecified atom stereocenters. The lowest BCUT2D eigenvalue weighted by Gasteiger charge is -2.24. The Morgan fingerprint density at radius 2 is 1.88 bits per heavy atom. The number of likely N-dealkylation sites (tertiary alicyclic amines) is 1. The van der Waals surface area contributed by atoms with Crippen molar-refractivity contribution < 1.29 is 9.21 Å². The van der Waals surface area contributed by atoms with E-state index in [4.69, 9.17) is 9.40 Å². The van der Waals surface area contributed by atoms with E-state index < -0.39 is 0 Å². The molecule has 170 valence electrons. The first-order valence-corrected chi connectivity index (χ1v) is 13.5. The van der Waals surface area contributed by atoms with Crippen LogP contribution >= 0.6 is 23.1 Å². The third-order valence-electron chi connectivity index (χ3n) is 6.47. The molecule has 3 aromatic heterocycles. The van der Waals surface area contributed by atoms with Crippen LogP contribution in [0.25, 0.3) is 10.2 Å². The second kappa shape index (κ2) is 9.83. The smallest absolute Gasteiger partial charge is 0.263 e. The Labute approximate surface area is 196 Å². The van der Waals surface area contributed by atoms with Crippen LogP contribution in [-0.2, 0) is 24.2 Å². The van der Waals surface area contributed by atoms with Crippen molar-refractivity contribution >= 4 is 39.2 Å². The van der Waals surface area contributed by atoms with Crippen LogP contribution in [0.5, 0.6) is 0 Å². The molecule has 0 radical (unpaired) electrons. The lowest BCUT2D eigenvalue weighted by atomic mass is 9.97. The number of nitrogens with zero attached hydrogens (tertiary/aromatic N) is 3. The normalized spacial score (nSPS) is 17.2. The third kappa shape index (κ3) is 4.53. The molecule has 1 aliphatic heterocycles. The zero-order valence-electron chi connectivity index (χ0n) is 18.3. The Hall–Kier alpha value is -2.06. The van der Waals surface area contributed by atoms with Gasteiger partial charge in [-0.25, -0.2) is 4.98 Å². The van der Waals surface area contributed by atoms with E-state index in [0.29, 0.717) is 23.2 Å². The molecule has 8 heteroatoms. The van der Waals surface area contributed by atoms with E-state index in [2.05, 4.69) is 0 Å². The van der Waals surface area contributed by atoms with Gasteiger partial charge in [0.05, 0.1) is 23.9 Å². The molecule has 2 aliphatic rings. The van der Waals surface area contributed by atoms with Crippen LogP contribution in [0, 0.1) is 0 Å². The summed E-state index contributed by atoms with van der Waals surface area (Å²) in [7, 11) is 0. The largest absolute Gasteiger partial charge is 0.467 e. The Morgan fingerprint density at radius 1 is 1.09 bits per heavy atom. The zero-order valence-corrected chi connectivity index (χ0v) is 19.9. The van der Waals surface area contributed by atoms with Crippen LogP contribution in [0.15, 0.2) is 32.8 Å². The summed E-state index contributed by atoms with van der Waals surface area (Å²) in [5.74, 6) is 1.16. The quantitative estimate of drug-likeness (QED) is 0.393. The Kier molecular flexibility index (Phi) is 6.69. The second-order valence-electron chi connectivity index (χ2n) is 8.69. The van der Waals surface area contributed by atoms with Gasteiger partial charge >= 0.3 is 0 Å². The van der Waals surface area contributed by atoms with Gasteiger partial charge in [-0.1, -0.05) is 31.0 Å². The molecule has 1 saturated heterocycles. The van der Waals surface area contributed by atoms with Gasteiger partial charge in [0.25, 0.3) is 5.56 Å². The number of hydrogen-bond donors (Lipinski definition) is 0. The summed E-state index contributed by atoms with van der Waals surface area (Å²) in [6, 6.07) is 3.70. The van der Waals surface area contributed by atoms with Gasteiger partial charge in [0.1, 0.15) is 10.6 Å². The fourth-order valence-electron chi connectivity index (χ4n) is 4.74. The van der Waals surface area contributed by atoms with E-state index >= 15 is 0 Å². The van der Waals surface area contributed by atoms with Crippen LogP contribution in [0.1, 0.15) is 61.1 Å². The molecular weight excluding hydrogens is 442 g/mol. The number of amides is 1. The number of fused-ring (bicyclic) bond motifs is 3. The number of furan rings is 1. The molecule has 0 bridgehead atoms. The van der Waals surface area contributed by atoms with Crippen molar-refractivity contribution in [3.8, 4) is 0 Å². The molecule has 0 atom stereocenters. The van der Waals surface area contributed by atoms with E-state index in [9.17, 15) is 9.59 Å². The van der Waals surface area contributed by atoms with E-state index in [-0.39, 0.29) is 11.5 Å². The number of thiophene rings is 1. The van der Waals surface area contributed by atoms with Crippen molar-refractivity contribution in [1.29, 1.82) is 0 Å². The van der Waals surface area contributed by atoms with Crippen molar-refractivity contribution in [2.75, 3.05) is 18.8 Å². The summed E-state index contributed by atoms with van der Waals surface area (Å²) in [5, 5.41) is 1.38. The van der Waals surface area contributed by atoms with E-state index in [1.165, 1.54) is 47.9 Å². The van der Waals surface area contributed by atoms with Gasteiger partial charge in [-0.2, -0.15) is 0 Å². The van der Waals surface area contributed by atoms with Gasteiger partial charge in [-0.3, -0.25) is 14.2 Å². The van der Waals surface area contributed by atoms with Gasteiger partial charge in [0.2, 0.25) is 5.91 Å². The monoisotopic (exact) mass is 471 g/mol. The van der Waals surface area contributed by atoms with E-state index in [1.807, 2.05) is 17.0 Å². The molecule has 1 aliphatic carbocycles. The number of carbonyl (C=O) groups excluding carboxylic acids is 1. The fourth-order valence-corrected chi connectivity index (χ4v) is 6.95. The highest BCUT2D eigenvalue weighted by Crippen LogP contribution is 2.35. The highest BCUT2D eigenvalue weighted by molar-refractivity contribution is 7.99. The summed E-state index contributed by atoms with van der Waals surface area (Å²) in [4.78, 5) is 35.6. The minimum absolute atomic E-state index is 0.00740. The van der Waals surface area contributed by atoms with Crippen LogP contribution in [0.3, 0.4) is 0 Å². The van der Waals surface area contributed by atoms with Crippen molar-refractivity contribution in [3.05, 3.63) is 45.0 Å². The molecule has 6 nitrogen and oxygen atoms in total. The molecule has 4 heterocycles. The maximum absolute atomic E-state index is 13.6. The number of aryl methyl sites for hydroxylation is 2. The third-order valence-corrected chi connectivity index (χ3v) is 8.61. The molecule has 5 rings (SSSR count). The second-order valence-corrected chi connectivity index (χ2v) is 10.7. The van der Waals surface area contributed by atoms with Gasteiger partial charge in [0.15, 0.2) is 5.16 Å². The van der Waals surface area contributed by atoms with Gasteiger partial charge in [-0.05, 0) is 56.2 Å². The lowest BCUT2D eigenvalue weighted by molar-refractivity contribution is -0.128. The van der Waals surface area contributed by atoms with Crippen molar-refractivity contribution in [3.63, 3.8) is 0 Å². The van der Waals surface area contributed by atoms with E-state index in [0.717, 1.165) is 55.4 Å². The first-order chi connectivity index (χ1) is 15.7. The molecule has 1 amide bonds. The molecule has 0 aromatic carbocycles. The van der Waals surface area contributed by atoms with E-state index in [1.54, 1.807) is 22.2 Å². The number of aromatic nitrogens is 2. The number of carbonyl (C=O) groups is 1. The Balaban J connectivity index is 1.45. The Morgan fingerprint density at radius 3 is 2.66 bits per heavy atom. The number of rotatable bonds is 5. The van der Waals surface area contributed by atoms with Crippen molar-refractivity contribution in [1.82, 2.24) is 14.5 Å². The van der Waals surface area contributed by atoms with Crippen molar-refractivity contribution in [2.24, 2.45) is 0 Å². The SMILES string of the molecule is O=C(CSc1nc2sc3c(c2c(=O)n1Cc1ccco1)CCCC3)N1CCCCCCC1. The summed E-state index contributed by atoms with van der Waals surface area (Å²) >= 11 is 3.04. The van der Waals surface area contributed by atoms with Crippen LogP contribution < -0.4 is 5.56 Å². The highest BCUT2D eigenvalue weighted by atomic mass is 32.2. The number of thioether (sulfide) groups is 1. The topological polar surface area (TPSA) is 68.3 Å². The predicted molar refractivity (Wildman–Crippen MR) is 129 cm³/mol. The standard InChI is InChI=1S/C24H29N3O3S2/c28-20(26-12-6-2-1-3-7-13-26)16-31-24-25-22-21(18-10-4-5-11-19(18)32-22)23(29)27(24)15-17-9-8-14-30-17/h8-9,14H,1-7,10-13,15-16H2. The molecule has 0 N–H and O–H groups in total. The zero-order chi connectivity index (χ0) is 21.9. The summed E-state index contributed by atoms with van der Waals surface area (Å²) in [6.07, 6.45) is 11.7. The average Bonchev–Trinajstić information content (AvgIpc) is 3.41. The maximum atomic E-state index is 13.6. The van der Waals surface area contributed by atoms with Crippen LogP contribution in [0.4, 0.5) is 0 Å². The maximum Gasteiger partial charge on any atom is 0.263 e. The van der Waals surface area contributed by atoms with Crippen LogP contribution in [0.2, 0.25) is 0 Å². The first kappa shape index (κ1) is 21.8. The first-order valence-electron chi connectivity index (χ1n) is 11.7. The highest BCUT2D eigenvalue weighted by Gasteiger charge is 2.24. The molecular formula is C24H29N3O3S2.